The van der Waals surface area contributed by atoms with Crippen LogP contribution in [0.5, 0.6) is 5.75 Å². The number of ether oxygens (including phenoxy) is 1. The van der Waals surface area contributed by atoms with Gasteiger partial charge in [0.25, 0.3) is 0 Å². The molecule has 2 amide bonds. The number of benzene rings is 1. The molecule has 1 aromatic carbocycles. The summed E-state index contributed by atoms with van der Waals surface area (Å²) >= 11 is 0. The van der Waals surface area contributed by atoms with Crippen LogP contribution in [0.1, 0.15) is 6.92 Å². The molecule has 0 atom stereocenters. The van der Waals surface area contributed by atoms with Crippen molar-refractivity contribution in [2.24, 2.45) is 9.98 Å². The zero-order valence-corrected chi connectivity index (χ0v) is 7.07. The normalized spacial score (nSPS) is 13.2. The molecule has 0 aromatic heterocycles. The molecule has 1 aliphatic rings. The van der Waals surface area contributed by atoms with Crippen LogP contribution in [0, 0.1) is 6.07 Å². The minimum Gasteiger partial charge on any atom is -0.493 e. The smallest absolute Gasteiger partial charge is 0.368 e. The SMILES string of the molecule is CCOc1[c]cc2c(c1)=NC(=O)N=2. The van der Waals surface area contributed by atoms with Gasteiger partial charge in [-0.2, -0.15) is 9.98 Å². The summed E-state index contributed by atoms with van der Waals surface area (Å²) in [5, 5.41) is 1.13. The third-order valence-corrected chi connectivity index (χ3v) is 1.61. The van der Waals surface area contributed by atoms with Crippen molar-refractivity contribution >= 4 is 6.03 Å². The van der Waals surface area contributed by atoms with Gasteiger partial charge in [0.15, 0.2) is 0 Å². The van der Waals surface area contributed by atoms with Crippen LogP contribution >= 0.6 is 0 Å². The molecular formula is C9H7N2O2. The highest BCUT2D eigenvalue weighted by Gasteiger charge is 2.05. The maximum absolute atomic E-state index is 10.8. The Bertz CT molecular complexity index is 465. The predicted octanol–water partition coefficient (Wildman–Crippen LogP) is 0.258. The second-order valence-electron chi connectivity index (χ2n) is 2.51. The van der Waals surface area contributed by atoms with Gasteiger partial charge in [0.2, 0.25) is 0 Å². The Balaban J connectivity index is 2.53. The first-order valence-electron chi connectivity index (χ1n) is 3.95. The van der Waals surface area contributed by atoms with Crippen LogP contribution < -0.4 is 15.5 Å². The van der Waals surface area contributed by atoms with E-state index >= 15 is 0 Å². The molecule has 0 bridgehead atoms. The number of nitrogens with zero attached hydrogens (tertiary/aromatic N) is 2. The van der Waals surface area contributed by atoms with Crippen LogP contribution in [0.15, 0.2) is 22.1 Å². The van der Waals surface area contributed by atoms with E-state index in [2.05, 4.69) is 16.1 Å². The van der Waals surface area contributed by atoms with E-state index in [1.807, 2.05) is 6.92 Å². The van der Waals surface area contributed by atoms with E-state index in [1.165, 1.54) is 0 Å². The minimum atomic E-state index is -0.461. The van der Waals surface area contributed by atoms with E-state index in [0.29, 0.717) is 23.1 Å². The molecule has 0 spiro atoms. The number of fused-ring (bicyclic) bond motifs is 1. The van der Waals surface area contributed by atoms with Gasteiger partial charge in [-0.1, -0.05) is 0 Å². The van der Waals surface area contributed by atoms with Crippen LogP contribution in [0.3, 0.4) is 0 Å². The lowest BCUT2D eigenvalue weighted by Gasteiger charge is -1.98. The Morgan fingerprint density at radius 2 is 2.23 bits per heavy atom. The number of amides is 2. The second-order valence-corrected chi connectivity index (χ2v) is 2.51. The van der Waals surface area contributed by atoms with Crippen LogP contribution in [0.4, 0.5) is 4.79 Å². The van der Waals surface area contributed by atoms with Gasteiger partial charge in [0.1, 0.15) is 5.75 Å². The van der Waals surface area contributed by atoms with Gasteiger partial charge in [-0.05, 0) is 13.0 Å². The molecule has 0 saturated heterocycles. The zero-order chi connectivity index (χ0) is 9.26. The first-order valence-corrected chi connectivity index (χ1v) is 3.95. The van der Waals surface area contributed by atoms with Crippen molar-refractivity contribution < 1.29 is 9.53 Å². The fourth-order valence-corrected chi connectivity index (χ4v) is 1.10. The van der Waals surface area contributed by atoms with Crippen molar-refractivity contribution in [2.75, 3.05) is 6.61 Å². The van der Waals surface area contributed by atoms with E-state index in [4.69, 9.17) is 4.74 Å². The van der Waals surface area contributed by atoms with E-state index < -0.39 is 6.03 Å². The topological polar surface area (TPSA) is 51.0 Å². The van der Waals surface area contributed by atoms with E-state index in [-0.39, 0.29) is 0 Å². The molecule has 0 saturated carbocycles. The van der Waals surface area contributed by atoms with Crippen molar-refractivity contribution in [1.82, 2.24) is 0 Å². The summed E-state index contributed by atoms with van der Waals surface area (Å²) in [4.78, 5) is 18.1. The highest BCUT2D eigenvalue weighted by molar-refractivity contribution is 5.77. The maximum atomic E-state index is 10.8. The Morgan fingerprint density at radius 1 is 1.46 bits per heavy atom. The second kappa shape index (κ2) is 2.97. The summed E-state index contributed by atoms with van der Waals surface area (Å²) in [7, 11) is 0. The predicted molar refractivity (Wildman–Crippen MR) is 44.2 cm³/mol. The van der Waals surface area contributed by atoms with Gasteiger partial charge in [-0.25, -0.2) is 4.79 Å². The van der Waals surface area contributed by atoms with Crippen molar-refractivity contribution in [3.8, 4) is 5.75 Å². The molecule has 2 rings (SSSR count). The van der Waals surface area contributed by atoms with Crippen LogP contribution in [-0.4, -0.2) is 12.6 Å². The number of urea groups is 1. The van der Waals surface area contributed by atoms with Crippen LogP contribution in [0.2, 0.25) is 0 Å². The quantitative estimate of drug-likeness (QED) is 0.647. The summed E-state index contributed by atoms with van der Waals surface area (Å²) in [6, 6.07) is 5.67. The first-order chi connectivity index (χ1) is 6.29. The number of hydrogen-bond acceptors (Lipinski definition) is 2. The fourth-order valence-electron chi connectivity index (χ4n) is 1.10. The molecule has 0 unspecified atom stereocenters. The molecule has 0 aliphatic carbocycles. The van der Waals surface area contributed by atoms with E-state index in [1.54, 1.807) is 12.1 Å². The lowest BCUT2D eigenvalue weighted by Crippen LogP contribution is -2.21. The van der Waals surface area contributed by atoms with Gasteiger partial charge in [0.05, 0.1) is 17.3 Å². The average molecular weight is 175 g/mol. The van der Waals surface area contributed by atoms with E-state index in [9.17, 15) is 4.79 Å². The molecule has 0 N–H and O–H groups in total. The molecule has 1 aromatic rings. The van der Waals surface area contributed by atoms with Gasteiger partial charge < -0.3 is 4.74 Å². The van der Waals surface area contributed by atoms with Crippen molar-refractivity contribution in [3.63, 3.8) is 0 Å². The molecular weight excluding hydrogens is 168 g/mol. The number of hydrogen-bond donors (Lipinski definition) is 0. The van der Waals surface area contributed by atoms with E-state index in [0.717, 1.165) is 0 Å². The third kappa shape index (κ3) is 1.42. The highest BCUT2D eigenvalue weighted by atomic mass is 16.5. The molecule has 13 heavy (non-hydrogen) atoms. The van der Waals surface area contributed by atoms with Gasteiger partial charge in [0, 0.05) is 12.1 Å². The third-order valence-electron chi connectivity index (χ3n) is 1.61. The zero-order valence-electron chi connectivity index (χ0n) is 7.07. The standard InChI is InChI=1S/C9H7N2O2/c1-2-13-6-3-4-7-8(5-6)11-9(12)10-7/h4-5H,2H2,1H3. The molecule has 65 valence electrons. The highest BCUT2D eigenvalue weighted by Crippen LogP contribution is 2.02. The largest absolute Gasteiger partial charge is 0.493 e. The average Bonchev–Trinajstić information content (AvgIpc) is 2.44. The monoisotopic (exact) mass is 175 g/mol. The lowest BCUT2D eigenvalue weighted by molar-refractivity contribution is 0.256. The van der Waals surface area contributed by atoms with Gasteiger partial charge in [-0.15, -0.1) is 0 Å². The molecule has 0 fully saturated rings. The molecule has 1 heterocycles. The van der Waals surface area contributed by atoms with Crippen LogP contribution in [-0.2, 0) is 0 Å². The maximum Gasteiger partial charge on any atom is 0.368 e. The Kier molecular flexibility index (Phi) is 1.81. The van der Waals surface area contributed by atoms with Crippen molar-refractivity contribution in [2.45, 2.75) is 6.92 Å². The summed E-state index contributed by atoms with van der Waals surface area (Å²) in [6.07, 6.45) is 0. The Hall–Kier alpha value is -1.71. The Labute approximate surface area is 74.6 Å². The van der Waals surface area contributed by atoms with Crippen molar-refractivity contribution in [1.29, 1.82) is 0 Å². The summed E-state index contributed by atoms with van der Waals surface area (Å²) in [5.74, 6) is 0.593. The Morgan fingerprint density at radius 3 is 3.00 bits per heavy atom. The molecule has 1 radical (unpaired) electrons. The number of carbonyl (C=O) groups excluding carboxylic acids is 1. The summed E-state index contributed by atoms with van der Waals surface area (Å²) < 4.78 is 5.20. The molecule has 4 heteroatoms. The van der Waals surface area contributed by atoms with Crippen molar-refractivity contribution in [3.05, 3.63) is 28.9 Å². The fraction of sp³-hybridized carbons (Fsp3) is 0.222. The summed E-state index contributed by atoms with van der Waals surface area (Å²) in [6.45, 7) is 2.45. The first kappa shape index (κ1) is 7.91. The van der Waals surface area contributed by atoms with Gasteiger partial charge in [-0.3, -0.25) is 0 Å². The van der Waals surface area contributed by atoms with Gasteiger partial charge >= 0.3 is 6.03 Å². The lowest BCUT2D eigenvalue weighted by atomic mass is 10.3. The summed E-state index contributed by atoms with van der Waals surface area (Å²) in [5.41, 5.74) is 0. The number of carbonyl (C=O) groups is 1. The molecule has 1 aliphatic heterocycles. The van der Waals surface area contributed by atoms with Crippen LogP contribution in [0.25, 0.3) is 0 Å². The molecule has 4 nitrogen and oxygen atoms in total. The number of rotatable bonds is 2. The minimum absolute atomic E-state index is 0.461.